The average Bonchev–Trinajstić information content (AvgIpc) is 3.20. The number of rotatable bonds is 6. The monoisotopic (exact) mass is 322 g/mol. The van der Waals surface area contributed by atoms with E-state index in [9.17, 15) is 0 Å². The predicted molar refractivity (Wildman–Crippen MR) is 84.9 cm³/mol. The van der Waals surface area contributed by atoms with Crippen molar-refractivity contribution in [2.24, 2.45) is 0 Å². The molecule has 1 saturated heterocycles. The second-order valence-electron chi connectivity index (χ2n) is 5.47. The average molecular weight is 322 g/mol. The lowest BCUT2D eigenvalue weighted by atomic mass is 10.1. The Morgan fingerprint density at radius 3 is 2.82 bits per heavy atom. The summed E-state index contributed by atoms with van der Waals surface area (Å²) < 4.78 is 11.0. The summed E-state index contributed by atoms with van der Waals surface area (Å²) in [7, 11) is 0. The molecule has 0 unspecified atom stereocenters. The van der Waals surface area contributed by atoms with E-state index in [0.717, 1.165) is 32.8 Å². The molecule has 22 heavy (non-hydrogen) atoms. The smallest absolute Gasteiger partial charge is 0.233 e. The van der Waals surface area contributed by atoms with E-state index in [0.29, 0.717) is 17.8 Å². The topological polar surface area (TPSA) is 63.4 Å². The molecule has 6 nitrogen and oxygen atoms in total. The van der Waals surface area contributed by atoms with Gasteiger partial charge in [0.1, 0.15) is 0 Å². The molecule has 2 aromatic rings. The van der Waals surface area contributed by atoms with Crippen molar-refractivity contribution in [3.63, 3.8) is 0 Å². The quantitative estimate of drug-likeness (QED) is 0.879. The third kappa shape index (κ3) is 3.73. The molecule has 2 aromatic heterocycles. The first-order chi connectivity index (χ1) is 10.7. The van der Waals surface area contributed by atoms with Crippen LogP contribution in [0.1, 0.15) is 35.7 Å². The zero-order chi connectivity index (χ0) is 15.4. The Morgan fingerprint density at radius 2 is 2.18 bits per heavy atom. The fraction of sp³-hybridized carbons (Fsp3) is 0.600. The summed E-state index contributed by atoms with van der Waals surface area (Å²) in [6.45, 7) is 8.27. The predicted octanol–water partition coefficient (Wildman–Crippen LogP) is 2.16. The Bertz CT molecular complexity index is 566. The van der Waals surface area contributed by atoms with Gasteiger partial charge in [-0.1, -0.05) is 6.07 Å². The van der Waals surface area contributed by atoms with Crippen LogP contribution in [0.4, 0.5) is 0 Å². The minimum atomic E-state index is 0.0460. The maximum atomic E-state index is 5.50. The van der Waals surface area contributed by atoms with Gasteiger partial charge < -0.3 is 14.5 Å². The highest BCUT2D eigenvalue weighted by Crippen LogP contribution is 2.26. The molecule has 0 radical (unpaired) electrons. The summed E-state index contributed by atoms with van der Waals surface area (Å²) in [4.78, 5) is 3.86. The van der Waals surface area contributed by atoms with Crippen LogP contribution in [0.3, 0.4) is 0 Å². The number of morpholine rings is 1. The normalized spacial score (nSPS) is 19.2. The molecule has 0 saturated carbocycles. The van der Waals surface area contributed by atoms with Crippen LogP contribution in [0.2, 0.25) is 0 Å². The van der Waals surface area contributed by atoms with Gasteiger partial charge in [0.25, 0.3) is 0 Å². The van der Waals surface area contributed by atoms with Crippen LogP contribution < -0.4 is 5.32 Å². The van der Waals surface area contributed by atoms with Gasteiger partial charge in [0, 0.05) is 31.4 Å². The first-order valence-electron chi connectivity index (χ1n) is 7.62. The van der Waals surface area contributed by atoms with Crippen molar-refractivity contribution in [1.82, 2.24) is 20.4 Å². The molecule has 1 N–H and O–H groups in total. The molecule has 120 valence electrons. The molecular formula is C15H22N4O2S. The van der Waals surface area contributed by atoms with Crippen molar-refractivity contribution in [3.8, 4) is 0 Å². The van der Waals surface area contributed by atoms with Crippen LogP contribution in [0.25, 0.3) is 0 Å². The van der Waals surface area contributed by atoms with E-state index in [2.05, 4.69) is 44.9 Å². The number of aryl methyl sites for hydroxylation is 1. The highest BCUT2D eigenvalue weighted by molar-refractivity contribution is 7.10. The third-order valence-corrected chi connectivity index (χ3v) is 4.86. The van der Waals surface area contributed by atoms with Gasteiger partial charge in [0.15, 0.2) is 0 Å². The summed E-state index contributed by atoms with van der Waals surface area (Å²) in [5.74, 6) is 1.25. The number of nitrogens with zero attached hydrogens (tertiary/aromatic N) is 3. The van der Waals surface area contributed by atoms with E-state index >= 15 is 0 Å². The fourth-order valence-corrected chi connectivity index (χ4v) is 3.50. The Morgan fingerprint density at radius 1 is 1.36 bits per heavy atom. The van der Waals surface area contributed by atoms with Crippen molar-refractivity contribution in [1.29, 1.82) is 0 Å². The standard InChI is InChI=1S/C15H22N4O2S/c1-11(15-18-17-12(2)21-15)16-10-13(14-4-3-9-22-14)19-5-7-20-8-6-19/h3-4,9,11,13,16H,5-8,10H2,1-2H3/t11-,13-/m1/s1. The van der Waals surface area contributed by atoms with Crippen LogP contribution in [-0.2, 0) is 4.74 Å². The van der Waals surface area contributed by atoms with Crippen molar-refractivity contribution in [2.45, 2.75) is 25.9 Å². The second-order valence-corrected chi connectivity index (χ2v) is 6.45. The Labute approximate surface area is 134 Å². The van der Waals surface area contributed by atoms with Gasteiger partial charge in [0.05, 0.1) is 25.3 Å². The molecular weight excluding hydrogens is 300 g/mol. The van der Waals surface area contributed by atoms with E-state index < -0.39 is 0 Å². The van der Waals surface area contributed by atoms with Crippen LogP contribution in [-0.4, -0.2) is 47.9 Å². The first-order valence-corrected chi connectivity index (χ1v) is 8.50. The van der Waals surface area contributed by atoms with E-state index in [1.165, 1.54) is 4.88 Å². The Balaban J connectivity index is 1.65. The molecule has 3 rings (SSSR count). The minimum Gasteiger partial charge on any atom is -0.424 e. The third-order valence-electron chi connectivity index (χ3n) is 3.89. The number of thiophene rings is 1. The lowest BCUT2D eigenvalue weighted by Crippen LogP contribution is -2.42. The summed E-state index contributed by atoms with van der Waals surface area (Å²) in [6.07, 6.45) is 0. The molecule has 1 aliphatic heterocycles. The lowest BCUT2D eigenvalue weighted by molar-refractivity contribution is 0.0163. The van der Waals surface area contributed by atoms with Crippen molar-refractivity contribution >= 4 is 11.3 Å². The zero-order valence-corrected chi connectivity index (χ0v) is 13.8. The van der Waals surface area contributed by atoms with E-state index in [4.69, 9.17) is 9.15 Å². The highest BCUT2D eigenvalue weighted by Gasteiger charge is 2.24. The van der Waals surface area contributed by atoms with Gasteiger partial charge >= 0.3 is 0 Å². The molecule has 2 atom stereocenters. The summed E-state index contributed by atoms with van der Waals surface area (Å²) in [5.41, 5.74) is 0. The number of ether oxygens (including phenoxy) is 1. The number of nitrogens with one attached hydrogen (secondary N) is 1. The maximum absolute atomic E-state index is 5.50. The SMILES string of the molecule is Cc1nnc([C@@H](C)NC[C@H](c2cccs2)N2CCOCC2)o1. The molecule has 1 fully saturated rings. The molecule has 0 aromatic carbocycles. The molecule has 3 heterocycles. The van der Waals surface area contributed by atoms with Gasteiger partial charge in [-0.3, -0.25) is 4.90 Å². The molecule has 0 bridgehead atoms. The number of aromatic nitrogens is 2. The van der Waals surface area contributed by atoms with Gasteiger partial charge in [-0.25, -0.2) is 0 Å². The molecule has 0 spiro atoms. The van der Waals surface area contributed by atoms with Crippen LogP contribution >= 0.6 is 11.3 Å². The highest BCUT2D eigenvalue weighted by atomic mass is 32.1. The summed E-state index contributed by atoms with van der Waals surface area (Å²) in [5, 5.41) is 13.6. The Kier molecular flexibility index (Phi) is 5.20. The van der Waals surface area contributed by atoms with Crippen LogP contribution in [0, 0.1) is 6.92 Å². The molecule has 1 aliphatic rings. The molecule has 0 amide bonds. The molecule has 0 aliphatic carbocycles. The Hall–Kier alpha value is -1.28. The van der Waals surface area contributed by atoms with E-state index in [1.54, 1.807) is 11.3 Å². The first kappa shape index (κ1) is 15.6. The van der Waals surface area contributed by atoms with E-state index in [-0.39, 0.29) is 6.04 Å². The maximum Gasteiger partial charge on any atom is 0.233 e. The van der Waals surface area contributed by atoms with Crippen LogP contribution in [0.5, 0.6) is 0 Å². The summed E-state index contributed by atoms with van der Waals surface area (Å²) >= 11 is 1.80. The number of hydrogen-bond acceptors (Lipinski definition) is 7. The number of hydrogen-bond donors (Lipinski definition) is 1. The van der Waals surface area contributed by atoms with Crippen molar-refractivity contribution < 1.29 is 9.15 Å². The molecule has 7 heteroatoms. The lowest BCUT2D eigenvalue weighted by Gasteiger charge is -2.34. The van der Waals surface area contributed by atoms with Gasteiger partial charge in [-0.05, 0) is 18.4 Å². The van der Waals surface area contributed by atoms with Gasteiger partial charge in [0.2, 0.25) is 11.8 Å². The van der Waals surface area contributed by atoms with Crippen molar-refractivity contribution in [3.05, 3.63) is 34.2 Å². The van der Waals surface area contributed by atoms with Gasteiger partial charge in [-0.2, -0.15) is 0 Å². The zero-order valence-electron chi connectivity index (χ0n) is 13.0. The van der Waals surface area contributed by atoms with Crippen molar-refractivity contribution in [2.75, 3.05) is 32.8 Å². The largest absolute Gasteiger partial charge is 0.424 e. The van der Waals surface area contributed by atoms with E-state index in [1.807, 2.05) is 6.92 Å². The fourth-order valence-electron chi connectivity index (χ4n) is 2.64. The summed E-state index contributed by atoms with van der Waals surface area (Å²) in [6, 6.07) is 4.71. The van der Waals surface area contributed by atoms with Gasteiger partial charge in [-0.15, -0.1) is 21.5 Å². The van der Waals surface area contributed by atoms with Crippen LogP contribution in [0.15, 0.2) is 21.9 Å². The minimum absolute atomic E-state index is 0.0460. The second kappa shape index (κ2) is 7.32.